The molecule has 2 aromatic carbocycles. The number of sulfonamides is 1. The maximum Gasteiger partial charge on any atom is 0.261 e. The fourth-order valence-electron chi connectivity index (χ4n) is 3.63. The number of carbonyl (C=O) groups is 2. The fraction of sp³-hybridized carbons (Fsp3) is 0.440. The van der Waals surface area contributed by atoms with Crippen LogP contribution in [0.3, 0.4) is 0 Å². The minimum Gasteiger partial charge on any atom is -0.484 e. The van der Waals surface area contributed by atoms with Gasteiger partial charge in [0.2, 0.25) is 15.9 Å². The van der Waals surface area contributed by atoms with Crippen LogP contribution in [-0.4, -0.2) is 74.9 Å². The van der Waals surface area contributed by atoms with E-state index in [2.05, 4.69) is 5.32 Å². The molecule has 1 unspecified atom stereocenters. The number of ether oxygens (including phenoxy) is 2. The van der Waals surface area contributed by atoms with Crippen molar-refractivity contribution in [3.05, 3.63) is 60.2 Å². The Morgan fingerprint density at radius 2 is 1.74 bits per heavy atom. The molecule has 190 valence electrons. The molecule has 10 heteroatoms. The molecule has 0 radical (unpaired) electrons. The van der Waals surface area contributed by atoms with Gasteiger partial charge in [-0.15, -0.1) is 0 Å². The number of benzene rings is 2. The summed E-state index contributed by atoms with van der Waals surface area (Å²) in [4.78, 5) is 27.3. The maximum absolute atomic E-state index is 13.1. The molecule has 1 fully saturated rings. The molecule has 1 N–H and O–H groups in total. The Morgan fingerprint density at radius 3 is 2.37 bits per heavy atom. The lowest BCUT2D eigenvalue weighted by molar-refractivity contribution is -0.142. The number of rotatable bonds is 11. The number of nitrogens with zero attached hydrogens (tertiary/aromatic N) is 2. The van der Waals surface area contributed by atoms with Gasteiger partial charge in [-0.2, -0.15) is 4.31 Å². The zero-order valence-electron chi connectivity index (χ0n) is 20.2. The second-order valence-corrected chi connectivity index (χ2v) is 10.2. The molecule has 0 saturated carbocycles. The second-order valence-electron chi connectivity index (χ2n) is 8.25. The van der Waals surface area contributed by atoms with Crippen LogP contribution >= 0.6 is 0 Å². The van der Waals surface area contributed by atoms with Gasteiger partial charge in [-0.3, -0.25) is 9.59 Å². The van der Waals surface area contributed by atoms with E-state index in [4.69, 9.17) is 9.47 Å². The van der Waals surface area contributed by atoms with Crippen molar-refractivity contribution >= 4 is 21.8 Å². The second kappa shape index (κ2) is 12.7. The summed E-state index contributed by atoms with van der Waals surface area (Å²) in [5, 5.41) is 2.83. The first-order valence-electron chi connectivity index (χ1n) is 11.7. The lowest BCUT2D eigenvalue weighted by atomic mass is 10.1. The number of amides is 2. The molecule has 1 saturated heterocycles. The van der Waals surface area contributed by atoms with Crippen molar-refractivity contribution in [1.29, 1.82) is 0 Å². The lowest BCUT2D eigenvalue weighted by Gasteiger charge is -2.28. The maximum atomic E-state index is 13.1. The van der Waals surface area contributed by atoms with Crippen LogP contribution in [0.5, 0.6) is 5.75 Å². The van der Waals surface area contributed by atoms with Gasteiger partial charge in [0.25, 0.3) is 5.91 Å². The molecule has 1 atom stereocenters. The number of morpholine rings is 1. The zero-order chi connectivity index (χ0) is 25.3. The third-order valence-corrected chi connectivity index (χ3v) is 7.62. The predicted octanol–water partition coefficient (Wildman–Crippen LogP) is 2.03. The molecule has 35 heavy (non-hydrogen) atoms. The minimum absolute atomic E-state index is 0.157. The van der Waals surface area contributed by atoms with Crippen LogP contribution in [0.2, 0.25) is 0 Å². The molecular weight excluding hydrogens is 470 g/mol. The average molecular weight is 504 g/mol. The van der Waals surface area contributed by atoms with Crippen molar-refractivity contribution in [1.82, 2.24) is 14.5 Å². The highest BCUT2D eigenvalue weighted by Gasteiger charge is 2.27. The Morgan fingerprint density at radius 1 is 1.09 bits per heavy atom. The Kier molecular flexibility index (Phi) is 9.64. The largest absolute Gasteiger partial charge is 0.484 e. The Bertz CT molecular complexity index is 1070. The quantitative estimate of drug-likeness (QED) is 0.503. The number of nitrogens with one attached hydrogen (secondary N) is 1. The van der Waals surface area contributed by atoms with Gasteiger partial charge < -0.3 is 19.7 Å². The third kappa shape index (κ3) is 7.27. The molecular formula is C25H33N3O6S. The van der Waals surface area contributed by atoms with Crippen molar-refractivity contribution in [2.45, 2.75) is 37.8 Å². The van der Waals surface area contributed by atoms with E-state index in [1.54, 1.807) is 6.92 Å². The van der Waals surface area contributed by atoms with Crippen molar-refractivity contribution in [2.24, 2.45) is 0 Å². The summed E-state index contributed by atoms with van der Waals surface area (Å²) in [7, 11) is -3.61. The SMILES string of the molecule is CCCNC(=O)C(C)N(Cc1ccccc1)C(=O)COc1ccc(S(=O)(=O)N2CCOCC2)cc1. The van der Waals surface area contributed by atoms with Crippen LogP contribution in [-0.2, 0) is 30.9 Å². The molecule has 0 bridgehead atoms. The van der Waals surface area contributed by atoms with E-state index < -0.39 is 16.1 Å². The summed E-state index contributed by atoms with van der Waals surface area (Å²) in [6, 6.07) is 14.7. The van der Waals surface area contributed by atoms with Crippen LogP contribution in [0.1, 0.15) is 25.8 Å². The molecule has 1 heterocycles. The van der Waals surface area contributed by atoms with Crippen molar-refractivity contribution in [3.8, 4) is 5.75 Å². The van der Waals surface area contributed by atoms with Crippen molar-refractivity contribution < 1.29 is 27.5 Å². The molecule has 0 aliphatic carbocycles. The molecule has 1 aliphatic rings. The molecule has 0 spiro atoms. The van der Waals surface area contributed by atoms with E-state index >= 15 is 0 Å². The monoisotopic (exact) mass is 503 g/mol. The highest BCUT2D eigenvalue weighted by atomic mass is 32.2. The minimum atomic E-state index is -3.61. The van der Waals surface area contributed by atoms with E-state index in [9.17, 15) is 18.0 Å². The van der Waals surface area contributed by atoms with Gasteiger partial charge in [0.05, 0.1) is 18.1 Å². The number of hydrogen-bond donors (Lipinski definition) is 1. The average Bonchev–Trinajstić information content (AvgIpc) is 2.90. The highest BCUT2D eigenvalue weighted by molar-refractivity contribution is 7.89. The van der Waals surface area contributed by atoms with E-state index in [0.717, 1.165) is 12.0 Å². The molecule has 3 rings (SSSR count). The van der Waals surface area contributed by atoms with Crippen LogP contribution in [0.15, 0.2) is 59.5 Å². The van der Waals surface area contributed by atoms with Gasteiger partial charge >= 0.3 is 0 Å². The molecule has 2 amide bonds. The van der Waals surface area contributed by atoms with E-state index in [0.29, 0.717) is 38.6 Å². The smallest absolute Gasteiger partial charge is 0.261 e. The molecule has 0 aromatic heterocycles. The van der Waals surface area contributed by atoms with E-state index in [-0.39, 0.29) is 29.9 Å². The Balaban J connectivity index is 1.66. The Labute approximate surface area is 207 Å². The number of carbonyl (C=O) groups excluding carboxylic acids is 2. The van der Waals surface area contributed by atoms with Crippen LogP contribution in [0.4, 0.5) is 0 Å². The van der Waals surface area contributed by atoms with Crippen LogP contribution in [0.25, 0.3) is 0 Å². The van der Waals surface area contributed by atoms with Crippen molar-refractivity contribution in [2.75, 3.05) is 39.5 Å². The van der Waals surface area contributed by atoms with Crippen LogP contribution in [0, 0.1) is 0 Å². The summed E-state index contributed by atoms with van der Waals surface area (Å²) >= 11 is 0. The first-order chi connectivity index (χ1) is 16.8. The van der Waals surface area contributed by atoms with Crippen LogP contribution < -0.4 is 10.1 Å². The topological polar surface area (TPSA) is 105 Å². The van der Waals surface area contributed by atoms with E-state index in [1.807, 2.05) is 37.3 Å². The van der Waals surface area contributed by atoms with E-state index in [1.165, 1.54) is 33.5 Å². The lowest BCUT2D eigenvalue weighted by Crippen LogP contribution is -2.49. The predicted molar refractivity (Wildman–Crippen MR) is 131 cm³/mol. The van der Waals surface area contributed by atoms with Gasteiger partial charge in [-0.25, -0.2) is 8.42 Å². The van der Waals surface area contributed by atoms with Gasteiger partial charge in [0, 0.05) is 26.2 Å². The zero-order valence-corrected chi connectivity index (χ0v) is 21.0. The summed E-state index contributed by atoms with van der Waals surface area (Å²) in [5.74, 6) is -0.214. The first kappa shape index (κ1) is 26.7. The first-order valence-corrected chi connectivity index (χ1v) is 13.2. The number of hydrogen-bond acceptors (Lipinski definition) is 6. The summed E-state index contributed by atoms with van der Waals surface area (Å²) in [6.45, 7) is 5.54. The highest BCUT2D eigenvalue weighted by Crippen LogP contribution is 2.21. The summed E-state index contributed by atoms with van der Waals surface area (Å²) in [5.41, 5.74) is 0.897. The standard InChI is InChI=1S/C25H33N3O6S/c1-3-13-26-25(30)20(2)28(18-21-7-5-4-6-8-21)24(29)19-34-22-9-11-23(12-10-22)35(31,32)27-14-16-33-17-15-27/h4-12,20H,3,13-19H2,1-2H3,(H,26,30). The fourth-order valence-corrected chi connectivity index (χ4v) is 5.04. The summed E-state index contributed by atoms with van der Waals surface area (Å²) in [6.07, 6.45) is 0.797. The molecule has 9 nitrogen and oxygen atoms in total. The molecule has 2 aromatic rings. The normalized spacial score (nSPS) is 15.3. The Hall–Kier alpha value is -2.95. The van der Waals surface area contributed by atoms with Gasteiger partial charge in [0.1, 0.15) is 11.8 Å². The van der Waals surface area contributed by atoms with Crippen molar-refractivity contribution in [3.63, 3.8) is 0 Å². The molecule has 1 aliphatic heterocycles. The summed E-state index contributed by atoms with van der Waals surface area (Å²) < 4.78 is 37.8. The van der Waals surface area contributed by atoms with Gasteiger partial charge in [-0.1, -0.05) is 37.3 Å². The van der Waals surface area contributed by atoms with Gasteiger partial charge in [-0.05, 0) is 43.2 Å². The van der Waals surface area contributed by atoms with Gasteiger partial charge in [0.15, 0.2) is 6.61 Å². The third-order valence-electron chi connectivity index (χ3n) is 5.71.